The van der Waals surface area contributed by atoms with Crippen molar-refractivity contribution in [1.82, 2.24) is 5.32 Å². The minimum atomic E-state index is -1.57. The van der Waals surface area contributed by atoms with Gasteiger partial charge in [0.25, 0.3) is 0 Å². The minimum Gasteiger partial charge on any atom is -0.396 e. The van der Waals surface area contributed by atoms with Gasteiger partial charge >= 0.3 is 6.03 Å². The van der Waals surface area contributed by atoms with Crippen molar-refractivity contribution in [3.8, 4) is 0 Å². The van der Waals surface area contributed by atoms with E-state index in [-0.39, 0.29) is 24.3 Å². The van der Waals surface area contributed by atoms with Gasteiger partial charge in [-0.15, -0.1) is 0 Å². The lowest BCUT2D eigenvalue weighted by atomic mass is 9.87. The molecule has 2 amide bonds. The van der Waals surface area contributed by atoms with Crippen LogP contribution in [0, 0.1) is 23.4 Å². The van der Waals surface area contributed by atoms with Gasteiger partial charge in [0.05, 0.1) is 0 Å². The summed E-state index contributed by atoms with van der Waals surface area (Å²) in [5.41, 5.74) is -0.145. The lowest BCUT2D eigenvalue weighted by molar-refractivity contribution is 0.176. The first-order valence-corrected chi connectivity index (χ1v) is 6.82. The van der Waals surface area contributed by atoms with Gasteiger partial charge in [0.1, 0.15) is 0 Å². The van der Waals surface area contributed by atoms with E-state index in [9.17, 15) is 18.0 Å². The summed E-state index contributed by atoms with van der Waals surface area (Å²) in [6.45, 7) is 0.146. The number of hydrogen-bond acceptors (Lipinski definition) is 2. The first-order chi connectivity index (χ1) is 9.99. The van der Waals surface area contributed by atoms with Crippen LogP contribution in [0.15, 0.2) is 12.1 Å². The molecule has 0 atom stereocenters. The van der Waals surface area contributed by atoms with E-state index in [0.717, 1.165) is 37.8 Å². The van der Waals surface area contributed by atoms with Crippen molar-refractivity contribution in [2.24, 2.45) is 5.92 Å². The van der Waals surface area contributed by atoms with E-state index >= 15 is 0 Å². The Hall–Kier alpha value is -1.76. The summed E-state index contributed by atoms with van der Waals surface area (Å²) in [5.74, 6) is -4.00. The number of carbonyl (C=O) groups excluding carboxylic acids is 1. The summed E-state index contributed by atoms with van der Waals surface area (Å²) in [6.07, 6.45) is 3.12. The molecule has 4 nitrogen and oxygen atoms in total. The van der Waals surface area contributed by atoms with Crippen LogP contribution in [-0.2, 0) is 0 Å². The molecule has 1 aliphatic rings. The van der Waals surface area contributed by atoms with Gasteiger partial charge < -0.3 is 15.7 Å². The van der Waals surface area contributed by atoms with Crippen molar-refractivity contribution in [3.05, 3.63) is 29.6 Å². The molecule has 0 unspecified atom stereocenters. The van der Waals surface area contributed by atoms with Gasteiger partial charge in [-0.25, -0.2) is 18.0 Å². The van der Waals surface area contributed by atoms with E-state index in [1.54, 1.807) is 0 Å². The Morgan fingerprint density at radius 3 is 2.24 bits per heavy atom. The summed E-state index contributed by atoms with van der Waals surface area (Å²) in [6, 6.07) is 0.817. The van der Waals surface area contributed by atoms with Gasteiger partial charge in [-0.1, -0.05) is 0 Å². The standard InChI is InChI=1S/C14H17F3N2O2/c15-11-5-10(6-12(16)13(11)17)19-14(21)18-9-3-1-8(7-20)2-4-9/h5-6,8-9,20H,1-4,7H2,(H2,18,19,21). The predicted molar refractivity (Wildman–Crippen MR) is 71.3 cm³/mol. The third-order valence-corrected chi connectivity index (χ3v) is 3.68. The summed E-state index contributed by atoms with van der Waals surface area (Å²) in [7, 11) is 0. The van der Waals surface area contributed by atoms with Crippen molar-refractivity contribution in [2.75, 3.05) is 11.9 Å². The molecule has 1 aromatic rings. The lowest BCUT2D eigenvalue weighted by Gasteiger charge is -2.27. The van der Waals surface area contributed by atoms with E-state index in [1.165, 1.54) is 0 Å². The number of urea groups is 1. The largest absolute Gasteiger partial charge is 0.396 e. The molecule has 1 aliphatic carbocycles. The van der Waals surface area contributed by atoms with Crippen LogP contribution >= 0.6 is 0 Å². The van der Waals surface area contributed by atoms with Crippen molar-refractivity contribution >= 4 is 11.7 Å². The molecule has 0 radical (unpaired) electrons. The van der Waals surface area contributed by atoms with E-state index < -0.39 is 23.5 Å². The fourth-order valence-electron chi connectivity index (χ4n) is 2.47. The molecule has 0 saturated heterocycles. The SMILES string of the molecule is O=C(Nc1cc(F)c(F)c(F)c1)NC1CCC(CO)CC1. The summed E-state index contributed by atoms with van der Waals surface area (Å²) >= 11 is 0. The lowest BCUT2D eigenvalue weighted by Crippen LogP contribution is -2.40. The topological polar surface area (TPSA) is 61.4 Å². The quantitative estimate of drug-likeness (QED) is 0.752. The van der Waals surface area contributed by atoms with E-state index in [0.29, 0.717) is 0 Å². The van der Waals surface area contributed by atoms with Crippen molar-refractivity contribution in [2.45, 2.75) is 31.7 Å². The first kappa shape index (κ1) is 15.6. The molecule has 0 aliphatic heterocycles. The third kappa shape index (κ3) is 4.10. The Morgan fingerprint density at radius 1 is 1.14 bits per heavy atom. The zero-order valence-electron chi connectivity index (χ0n) is 11.3. The maximum Gasteiger partial charge on any atom is 0.319 e. The molecule has 1 fully saturated rings. The Labute approximate surface area is 120 Å². The molecular weight excluding hydrogens is 285 g/mol. The van der Waals surface area contributed by atoms with Crippen molar-refractivity contribution < 1.29 is 23.1 Å². The number of aliphatic hydroxyl groups excluding tert-OH is 1. The Balaban J connectivity index is 1.88. The maximum atomic E-state index is 13.0. The van der Waals surface area contributed by atoms with Crippen molar-refractivity contribution in [3.63, 3.8) is 0 Å². The summed E-state index contributed by atoms with van der Waals surface area (Å²) in [4.78, 5) is 11.7. The van der Waals surface area contributed by atoms with Crippen LogP contribution in [0.3, 0.4) is 0 Å². The van der Waals surface area contributed by atoms with Crippen LogP contribution in [0.1, 0.15) is 25.7 Å². The molecule has 7 heteroatoms. The predicted octanol–water partition coefficient (Wildman–Crippen LogP) is 2.78. The molecule has 1 saturated carbocycles. The van der Waals surface area contributed by atoms with Gasteiger partial charge in [-0.3, -0.25) is 0 Å². The van der Waals surface area contributed by atoms with Crippen LogP contribution in [0.25, 0.3) is 0 Å². The molecule has 3 N–H and O–H groups in total. The molecule has 0 heterocycles. The minimum absolute atomic E-state index is 0.0389. The monoisotopic (exact) mass is 302 g/mol. The summed E-state index contributed by atoms with van der Waals surface area (Å²) < 4.78 is 38.8. The molecule has 1 aromatic carbocycles. The zero-order valence-corrected chi connectivity index (χ0v) is 11.3. The fraction of sp³-hybridized carbons (Fsp3) is 0.500. The van der Waals surface area contributed by atoms with Gasteiger partial charge in [-0.05, 0) is 31.6 Å². The molecule has 116 valence electrons. The van der Waals surface area contributed by atoms with Gasteiger partial charge in [0, 0.05) is 30.5 Å². The smallest absolute Gasteiger partial charge is 0.319 e. The number of anilines is 1. The molecule has 2 rings (SSSR count). The maximum absolute atomic E-state index is 13.0. The highest BCUT2D eigenvalue weighted by Crippen LogP contribution is 2.24. The van der Waals surface area contributed by atoms with Crippen LogP contribution < -0.4 is 10.6 Å². The van der Waals surface area contributed by atoms with Crippen LogP contribution in [-0.4, -0.2) is 23.8 Å². The first-order valence-electron chi connectivity index (χ1n) is 6.82. The number of amides is 2. The van der Waals surface area contributed by atoms with E-state index in [4.69, 9.17) is 5.11 Å². The van der Waals surface area contributed by atoms with E-state index in [2.05, 4.69) is 10.6 Å². The number of nitrogens with one attached hydrogen (secondary N) is 2. The average molecular weight is 302 g/mol. The highest BCUT2D eigenvalue weighted by molar-refractivity contribution is 5.89. The van der Waals surface area contributed by atoms with Crippen LogP contribution in [0.4, 0.5) is 23.7 Å². The molecule has 21 heavy (non-hydrogen) atoms. The zero-order chi connectivity index (χ0) is 15.4. The number of hydrogen-bond donors (Lipinski definition) is 3. The number of halogens is 3. The number of rotatable bonds is 3. The normalized spacial score (nSPS) is 21.9. The second-order valence-corrected chi connectivity index (χ2v) is 5.25. The van der Waals surface area contributed by atoms with Crippen LogP contribution in [0.5, 0.6) is 0 Å². The van der Waals surface area contributed by atoms with Gasteiger partial charge in [-0.2, -0.15) is 0 Å². The fourth-order valence-corrected chi connectivity index (χ4v) is 2.47. The highest BCUT2D eigenvalue weighted by Gasteiger charge is 2.22. The number of benzene rings is 1. The number of carbonyl (C=O) groups is 1. The number of aliphatic hydroxyl groups is 1. The molecular formula is C14H17F3N2O2. The van der Waals surface area contributed by atoms with E-state index in [1.807, 2.05) is 0 Å². The second kappa shape index (κ2) is 6.80. The van der Waals surface area contributed by atoms with Gasteiger partial charge in [0.2, 0.25) is 0 Å². The Kier molecular flexibility index (Phi) is 5.06. The van der Waals surface area contributed by atoms with Gasteiger partial charge in [0.15, 0.2) is 17.5 Å². The van der Waals surface area contributed by atoms with Crippen molar-refractivity contribution in [1.29, 1.82) is 0 Å². The Morgan fingerprint density at radius 2 is 1.71 bits per heavy atom. The average Bonchev–Trinajstić information content (AvgIpc) is 2.45. The summed E-state index contributed by atoms with van der Waals surface area (Å²) in [5, 5.41) is 14.0. The second-order valence-electron chi connectivity index (χ2n) is 5.25. The highest BCUT2D eigenvalue weighted by atomic mass is 19.2. The molecule has 0 bridgehead atoms. The van der Waals surface area contributed by atoms with Crippen LogP contribution in [0.2, 0.25) is 0 Å². The Bertz CT molecular complexity index is 494. The molecule has 0 aromatic heterocycles. The molecule has 0 spiro atoms. The third-order valence-electron chi connectivity index (χ3n) is 3.68.